The van der Waals surface area contributed by atoms with Gasteiger partial charge in [-0.3, -0.25) is 63.9 Å². The SMILES string of the molecule is CCCCCCCCCCCCCCCC(=O)OC[C@@H](COP(=O)(OCc1ccccc1)O[C@@H]1[C@H](OCc2ccccc2)[C@H](OP(=O)(OCc2ccccc2)OCc2ccccc2)[C@@H](OP(=O)(OCc2ccccc2)OCc2ccccc2)[C@H](OCc2ccccc2)[C@H]1OP(=O)(OCc1ccccc1)OCc1ccccc1)OC(=O)CCCCCCCCCCCCCCC. The van der Waals surface area contributed by atoms with Crippen molar-refractivity contribution in [3.8, 4) is 0 Å². The Bertz CT molecular complexity index is 4550. The van der Waals surface area contributed by atoms with Crippen LogP contribution < -0.4 is 0 Å². The fourth-order valence-electron chi connectivity index (χ4n) is 15.0. The van der Waals surface area contributed by atoms with E-state index in [-0.39, 0.29) is 32.7 Å². The highest BCUT2D eigenvalue weighted by Crippen LogP contribution is 2.63. The standard InChI is InChI=1S/C104H136O22P4/c1-3-5-7-9-11-13-15-17-19-21-23-25-54-74-97(105)111-85-96(122-98(106)75-55-26-24-22-20-18-16-14-12-10-8-6-4-2)86-121-130(110,120-84-95-72-52-35-53-73-95)126-104-100(113-77-88-58-38-28-39-59-88)102(124-128(108,116-80-91-64-44-31-45-65-91)117-81-92-66-46-32-47-67-92)101(123-127(107,114-78-89-60-40-29-41-61-89)115-79-90-62-42-30-43-63-90)99(112-76-87-56-36-27-37-57-87)103(104)125-129(109,118-82-93-68-48-33-49-69-93)119-83-94-70-50-34-51-71-94/h27-53,56-73,96,99-104H,3-26,54-55,74-86H2,1-2H3/t96-,99-,100+,101-,102-,103+,104+,130?/m0/s1. The topological polar surface area (TPSA) is 250 Å². The molecular weight excluding hydrogens is 1730 g/mol. The Labute approximate surface area is 771 Å². The van der Waals surface area contributed by atoms with Gasteiger partial charge in [-0.2, -0.15) is 0 Å². The molecular formula is C104H136O22P4. The van der Waals surface area contributed by atoms with E-state index in [1.165, 1.54) is 96.3 Å². The number of unbranched alkanes of at least 4 members (excludes halogenated alkanes) is 24. The summed E-state index contributed by atoms with van der Waals surface area (Å²) in [6.07, 6.45) is 14.7. The zero-order valence-corrected chi connectivity index (χ0v) is 79.4. The molecule has 26 heteroatoms. The number of hydrogen-bond donors (Lipinski definition) is 0. The molecule has 9 aromatic rings. The number of carbonyl (C=O) groups is 2. The zero-order chi connectivity index (χ0) is 91.1. The van der Waals surface area contributed by atoms with Crippen LogP contribution >= 0.6 is 31.3 Å². The number of phosphoric ester groups is 4. The third-order valence-electron chi connectivity index (χ3n) is 22.3. The van der Waals surface area contributed by atoms with Crippen molar-refractivity contribution in [3.05, 3.63) is 323 Å². The van der Waals surface area contributed by atoms with Gasteiger partial charge in [0, 0.05) is 12.8 Å². The summed E-state index contributed by atoms with van der Waals surface area (Å²) in [6, 6.07) is 79.9. The molecule has 1 aliphatic rings. The summed E-state index contributed by atoms with van der Waals surface area (Å²) in [6.45, 7) is -0.490. The molecule has 130 heavy (non-hydrogen) atoms. The van der Waals surface area contributed by atoms with E-state index < -0.39 is 139 Å². The molecule has 0 heterocycles. The van der Waals surface area contributed by atoms with Crippen molar-refractivity contribution in [2.75, 3.05) is 13.2 Å². The predicted molar refractivity (Wildman–Crippen MR) is 506 cm³/mol. The lowest BCUT2D eigenvalue weighted by molar-refractivity contribution is -0.240. The number of rotatable bonds is 69. The van der Waals surface area contributed by atoms with E-state index in [0.717, 1.165) is 57.8 Å². The van der Waals surface area contributed by atoms with Crippen molar-refractivity contribution in [2.24, 2.45) is 0 Å². The minimum Gasteiger partial charge on any atom is -0.462 e. The van der Waals surface area contributed by atoms with Crippen molar-refractivity contribution in [3.63, 3.8) is 0 Å². The number of hydrogen-bond acceptors (Lipinski definition) is 22. The molecule has 9 aromatic carbocycles. The molecule has 1 aliphatic carbocycles. The summed E-state index contributed by atoms with van der Waals surface area (Å²) in [5, 5.41) is 0. The van der Waals surface area contributed by atoms with Crippen LogP contribution in [-0.2, 0) is 161 Å². The van der Waals surface area contributed by atoms with E-state index in [0.29, 0.717) is 62.9 Å². The van der Waals surface area contributed by atoms with Crippen LogP contribution in [0.1, 0.15) is 244 Å². The van der Waals surface area contributed by atoms with E-state index in [2.05, 4.69) is 13.8 Å². The summed E-state index contributed by atoms with van der Waals surface area (Å²) < 4.78 is 177. The Morgan fingerprint density at radius 2 is 0.423 bits per heavy atom. The highest BCUT2D eigenvalue weighted by atomic mass is 31.2. The molecule has 0 saturated heterocycles. The van der Waals surface area contributed by atoms with Gasteiger partial charge in [-0.05, 0) is 62.9 Å². The van der Waals surface area contributed by atoms with Crippen molar-refractivity contribution in [1.82, 2.24) is 0 Å². The van der Waals surface area contributed by atoms with Crippen LogP contribution in [0.15, 0.2) is 273 Å². The first kappa shape index (κ1) is 104. The van der Waals surface area contributed by atoms with Gasteiger partial charge in [0.1, 0.15) is 43.2 Å². The van der Waals surface area contributed by atoms with Gasteiger partial charge >= 0.3 is 43.2 Å². The number of benzene rings is 9. The molecule has 8 atom stereocenters. The van der Waals surface area contributed by atoms with Gasteiger partial charge in [0.05, 0.1) is 66.1 Å². The molecule has 704 valence electrons. The fourth-order valence-corrected chi connectivity index (χ4v) is 20.4. The Hall–Kier alpha value is -7.72. The minimum atomic E-state index is -5.54. The Kier molecular flexibility index (Phi) is 48.6. The van der Waals surface area contributed by atoms with Crippen LogP contribution in [0.25, 0.3) is 0 Å². The molecule has 1 saturated carbocycles. The normalized spacial score (nSPS) is 16.7. The van der Waals surface area contributed by atoms with Gasteiger partial charge in [0.25, 0.3) is 0 Å². The van der Waals surface area contributed by atoms with Crippen molar-refractivity contribution < 1.29 is 101 Å². The lowest BCUT2D eigenvalue weighted by atomic mass is 9.84. The molecule has 0 bridgehead atoms. The summed E-state index contributed by atoms with van der Waals surface area (Å²) in [5.41, 5.74) is 4.78. The quantitative estimate of drug-likeness (QED) is 0.0195. The molecule has 1 fully saturated rings. The molecule has 22 nitrogen and oxygen atoms in total. The maximum absolute atomic E-state index is 17.4. The third kappa shape index (κ3) is 40.6. The largest absolute Gasteiger partial charge is 0.475 e. The molecule has 0 amide bonds. The Morgan fingerprint density at radius 3 is 0.646 bits per heavy atom. The van der Waals surface area contributed by atoms with Gasteiger partial charge in [-0.15, -0.1) is 0 Å². The highest BCUT2D eigenvalue weighted by Gasteiger charge is 2.62. The van der Waals surface area contributed by atoms with Crippen molar-refractivity contribution in [1.29, 1.82) is 0 Å². The lowest BCUT2D eigenvalue weighted by Crippen LogP contribution is -2.67. The van der Waals surface area contributed by atoms with Crippen LogP contribution in [0.4, 0.5) is 0 Å². The van der Waals surface area contributed by atoms with E-state index in [1.807, 2.05) is 48.5 Å². The van der Waals surface area contributed by atoms with Gasteiger partial charge < -0.3 is 18.9 Å². The monoisotopic (exact) mass is 1860 g/mol. The van der Waals surface area contributed by atoms with E-state index >= 15 is 18.3 Å². The fraction of sp³-hybridized carbons (Fsp3) is 0.462. The second-order valence-corrected chi connectivity index (χ2v) is 39.5. The summed E-state index contributed by atoms with van der Waals surface area (Å²) >= 11 is 0. The second-order valence-electron chi connectivity index (χ2n) is 33.0. The van der Waals surface area contributed by atoms with Crippen LogP contribution in [0, 0.1) is 0 Å². The smallest absolute Gasteiger partial charge is 0.462 e. The Morgan fingerprint density at radius 1 is 0.231 bits per heavy atom. The lowest BCUT2D eigenvalue weighted by Gasteiger charge is -2.50. The minimum absolute atomic E-state index is 0.00457. The van der Waals surface area contributed by atoms with Crippen LogP contribution in [-0.4, -0.2) is 67.9 Å². The highest BCUT2D eigenvalue weighted by molar-refractivity contribution is 7.49. The van der Waals surface area contributed by atoms with Crippen molar-refractivity contribution in [2.45, 2.75) is 296 Å². The third-order valence-corrected chi connectivity index (χ3v) is 27.8. The first-order chi connectivity index (χ1) is 63.6. The molecule has 0 spiro atoms. The Balaban J connectivity index is 1.11. The molecule has 10 rings (SSSR count). The number of esters is 2. The molecule has 1 unspecified atom stereocenters. The number of phosphoric acid groups is 4. The molecule has 0 radical (unpaired) electrons. The first-order valence-corrected chi connectivity index (χ1v) is 52.7. The van der Waals surface area contributed by atoms with E-state index in [4.69, 9.17) is 73.2 Å². The average Bonchev–Trinajstić information content (AvgIpc) is 0.739. The zero-order valence-electron chi connectivity index (χ0n) is 75.9. The van der Waals surface area contributed by atoms with Gasteiger partial charge in [0.15, 0.2) is 6.10 Å². The van der Waals surface area contributed by atoms with Crippen LogP contribution in [0.3, 0.4) is 0 Å². The summed E-state index contributed by atoms with van der Waals surface area (Å²) in [4.78, 5) is 28.5. The molecule has 0 aromatic heterocycles. The van der Waals surface area contributed by atoms with E-state index in [9.17, 15) is 9.59 Å². The predicted octanol–water partition coefficient (Wildman–Crippen LogP) is 28.1. The maximum Gasteiger partial charge on any atom is 0.475 e. The van der Waals surface area contributed by atoms with Crippen LogP contribution in [0.2, 0.25) is 0 Å². The average molecular weight is 1860 g/mol. The first-order valence-electron chi connectivity index (χ1n) is 46.9. The second kappa shape index (κ2) is 60.5. The van der Waals surface area contributed by atoms with Gasteiger partial charge in [-0.1, -0.05) is 441 Å². The molecule has 0 aliphatic heterocycles. The number of carbonyl (C=O) groups excluding carboxylic acids is 2. The van der Waals surface area contributed by atoms with E-state index in [1.54, 1.807) is 224 Å². The summed E-state index contributed by atoms with van der Waals surface area (Å²) in [5.74, 6) is -1.17. The maximum atomic E-state index is 17.4. The van der Waals surface area contributed by atoms with Gasteiger partial charge in [0.2, 0.25) is 0 Å². The van der Waals surface area contributed by atoms with Gasteiger partial charge in [-0.25, -0.2) is 18.3 Å². The van der Waals surface area contributed by atoms with Crippen molar-refractivity contribution >= 4 is 43.2 Å². The van der Waals surface area contributed by atoms with Crippen LogP contribution in [0.5, 0.6) is 0 Å². The molecule has 0 N–H and O–H groups in total. The number of ether oxygens (including phenoxy) is 4. The summed E-state index contributed by atoms with van der Waals surface area (Å²) in [7, 11) is -21.4.